The van der Waals surface area contributed by atoms with Crippen LogP contribution in [0.25, 0.3) is 20.0 Å². The minimum atomic E-state index is -0.680. The summed E-state index contributed by atoms with van der Waals surface area (Å²) < 4.78 is 23.7. The average Bonchev–Trinajstić information content (AvgIpc) is 1.49. The van der Waals surface area contributed by atoms with E-state index < -0.39 is 36.1 Å². The van der Waals surface area contributed by atoms with Gasteiger partial charge in [-0.15, -0.1) is 86.1 Å². The second-order valence-electron chi connectivity index (χ2n) is 31.2. The highest BCUT2D eigenvalue weighted by Crippen LogP contribution is 2.46. The van der Waals surface area contributed by atoms with Gasteiger partial charge >= 0.3 is 11.9 Å². The fourth-order valence-corrected chi connectivity index (χ4v) is 21.8. The first kappa shape index (κ1) is 89.2. The summed E-state index contributed by atoms with van der Waals surface area (Å²) in [5.41, 5.74) is 13.5. The number of piperazine rings is 1. The van der Waals surface area contributed by atoms with Crippen molar-refractivity contribution in [3.63, 3.8) is 0 Å². The number of hydrogen-bond acceptors (Lipinski definition) is 26. The minimum Gasteiger partial charge on any atom is -0.469 e. The van der Waals surface area contributed by atoms with Crippen LogP contribution >= 0.6 is 91.8 Å². The Bertz CT molecular complexity index is 6420. The van der Waals surface area contributed by atoms with E-state index in [1.807, 2.05) is 133 Å². The van der Waals surface area contributed by atoms with Crippen molar-refractivity contribution in [2.45, 2.75) is 126 Å². The molecule has 30 nitrogen and oxygen atoms in total. The average molecular weight is 1870 g/mol. The maximum Gasteiger partial charge on any atom is 0.308 e. The van der Waals surface area contributed by atoms with Gasteiger partial charge in [-0.25, -0.2) is 0 Å². The molecule has 0 spiro atoms. The number of esters is 2. The Hall–Kier alpha value is -11.2. The molecule has 5 aliphatic heterocycles. The number of methoxy groups -OCH3 is 2. The molecule has 8 aromatic heterocycles. The van der Waals surface area contributed by atoms with Crippen LogP contribution in [0.15, 0.2) is 117 Å². The molecule has 0 saturated carbocycles. The van der Waals surface area contributed by atoms with E-state index in [0.717, 1.165) is 111 Å². The zero-order valence-corrected chi connectivity index (χ0v) is 77.8. The number of thiophene rings is 4. The maximum atomic E-state index is 14.4. The van der Waals surface area contributed by atoms with Crippen LogP contribution in [0.4, 0.5) is 0 Å². The van der Waals surface area contributed by atoms with E-state index in [4.69, 9.17) is 80.6 Å². The first-order valence-corrected chi connectivity index (χ1v) is 46.0. The Morgan fingerprint density at radius 2 is 0.701 bits per heavy atom. The fourth-order valence-electron chi connectivity index (χ4n) is 16.2. The monoisotopic (exact) mass is 1860 g/mol. The van der Waals surface area contributed by atoms with Crippen LogP contribution in [-0.4, -0.2) is 207 Å². The van der Waals surface area contributed by atoms with Crippen LogP contribution in [0.2, 0.25) is 20.1 Å². The lowest BCUT2D eigenvalue weighted by molar-refractivity contribution is -0.142. The van der Waals surface area contributed by atoms with Gasteiger partial charge in [-0.1, -0.05) is 94.9 Å². The number of carbonyl (C=O) groups excluding carboxylic acids is 6. The molecule has 5 aliphatic rings. The van der Waals surface area contributed by atoms with Gasteiger partial charge in [0.05, 0.1) is 85.7 Å². The molecule has 1 saturated heterocycles. The van der Waals surface area contributed by atoms with Gasteiger partial charge < -0.3 is 35.1 Å². The second kappa shape index (κ2) is 38.0. The van der Waals surface area contributed by atoms with Gasteiger partial charge in [0.1, 0.15) is 67.5 Å². The molecule has 127 heavy (non-hydrogen) atoms. The van der Waals surface area contributed by atoms with Gasteiger partial charge in [-0.2, -0.15) is 0 Å². The molecule has 0 radical (unpaired) electrons. The number of benzene rings is 4. The predicted octanol–water partition coefficient (Wildman–Crippen LogP) is 14.6. The lowest BCUT2D eigenvalue weighted by Crippen LogP contribution is -2.49. The van der Waals surface area contributed by atoms with Crippen molar-refractivity contribution in [2.75, 3.05) is 79.8 Å². The standard InChI is InChI=1S/C46H47Cl2N11O4S2.C43H42Cl2N10O5S2/c1-24-26(3)64-45-37(24)39(29-8-12-31(47)13-9-29)50-33(42-54-52-27(4)58(42)45)22-35(60)49-16-7-17-56-18-20-57(21-19-56)44(62)41-25(2)38-40(30-10-14-32(48)15-11-30)51-34(23-36(61)63-6)43-55-53-28(5)59(43)46(38)65-41;1-21-23(3)61-42-34(21)36(26-7-11-28(44)12-8-26)48-30(39-52-50-24(4)54(39)42)19-32(56)46-15-17-60-18-16-47-41(58)38-22(2)35-37(27-9-13-29(45)14-10-27)49-31(20-33(57)59-6)40-53-51-25(5)55(40)43(35)62-38/h8-15,33-34H,7,16-23H2,1-6H3,(H,49,60);7-14,30-31H,15-20H2,1-6H3,(H,46,56)(H,47,58)/t33-,34-;30-,31-/m00/s1. The molecule has 1 fully saturated rings. The number of nitrogens with zero attached hydrogens (tertiary/aromatic N) is 18. The molecule has 17 rings (SSSR count). The molecule has 4 aromatic carbocycles. The van der Waals surface area contributed by atoms with Crippen molar-refractivity contribution >= 4 is 150 Å². The third-order valence-electron chi connectivity index (χ3n) is 23.0. The number of aliphatic imine (C=N–C) groups is 4. The first-order chi connectivity index (χ1) is 61.1. The Balaban J connectivity index is 0.000000187. The normalized spacial score (nSPS) is 16.1. The second-order valence-corrected chi connectivity index (χ2v) is 37.3. The lowest BCUT2D eigenvalue weighted by Gasteiger charge is -2.34. The Kier molecular flexibility index (Phi) is 26.7. The topological polar surface area (TPSA) is 345 Å². The smallest absolute Gasteiger partial charge is 0.308 e. The molecule has 0 aliphatic carbocycles. The number of hydrogen-bond donors (Lipinski definition) is 3. The minimum absolute atomic E-state index is 0.0226. The number of halogens is 4. The highest BCUT2D eigenvalue weighted by atomic mass is 35.5. The Morgan fingerprint density at radius 3 is 1.06 bits per heavy atom. The van der Waals surface area contributed by atoms with Gasteiger partial charge in [0.2, 0.25) is 11.8 Å². The molecule has 13 heterocycles. The van der Waals surface area contributed by atoms with Crippen LogP contribution in [-0.2, 0) is 33.4 Å². The molecule has 3 N–H and O–H groups in total. The number of carbonyl (C=O) groups is 6. The number of ether oxygens (including phenoxy) is 3. The zero-order chi connectivity index (χ0) is 89.5. The van der Waals surface area contributed by atoms with E-state index in [0.29, 0.717) is 125 Å². The molecule has 12 aromatic rings. The number of amides is 4. The van der Waals surface area contributed by atoms with Crippen molar-refractivity contribution in [1.82, 2.24) is 84.8 Å². The summed E-state index contributed by atoms with van der Waals surface area (Å²) >= 11 is 31.1. The quantitative estimate of drug-likeness (QED) is 0.0374. The zero-order valence-electron chi connectivity index (χ0n) is 71.5. The number of aryl methyl sites for hydroxylation is 6. The van der Waals surface area contributed by atoms with Crippen molar-refractivity contribution in [1.29, 1.82) is 0 Å². The maximum absolute atomic E-state index is 14.4. The molecule has 0 unspecified atom stereocenters. The Morgan fingerprint density at radius 1 is 0.386 bits per heavy atom. The third-order valence-corrected chi connectivity index (χ3v) is 29.0. The van der Waals surface area contributed by atoms with Gasteiger partial charge in [0.25, 0.3) is 11.8 Å². The van der Waals surface area contributed by atoms with E-state index in [1.165, 1.54) is 41.8 Å². The molecule has 4 atom stereocenters. The molecular formula is C89H89Cl4N21O9S4. The largest absolute Gasteiger partial charge is 0.469 e. The fraction of sp³-hybridized carbons (Fsp3) is 0.348. The number of nitrogens with one attached hydrogen (secondary N) is 3. The lowest BCUT2D eigenvalue weighted by atomic mass is 9.99. The number of aromatic nitrogens is 12. The third kappa shape index (κ3) is 18.1. The molecular weight excluding hydrogens is 1780 g/mol. The summed E-state index contributed by atoms with van der Waals surface area (Å²) in [7, 11) is 2.68. The molecule has 4 amide bonds. The summed E-state index contributed by atoms with van der Waals surface area (Å²) in [6.07, 6.45) is 0.849. The number of fused-ring (bicyclic) bond motifs is 12. The van der Waals surface area contributed by atoms with Gasteiger partial charge in [-0.3, -0.25) is 71.9 Å². The van der Waals surface area contributed by atoms with Crippen LogP contribution in [0.3, 0.4) is 0 Å². The molecule has 656 valence electrons. The van der Waals surface area contributed by atoms with Crippen LogP contribution in [0.1, 0.15) is 199 Å². The highest BCUT2D eigenvalue weighted by Gasteiger charge is 2.40. The Labute approximate surface area is 767 Å². The van der Waals surface area contributed by atoms with E-state index >= 15 is 0 Å². The molecule has 0 bridgehead atoms. The van der Waals surface area contributed by atoms with E-state index in [1.54, 1.807) is 46.9 Å². The van der Waals surface area contributed by atoms with Crippen LogP contribution in [0, 0.1) is 69.2 Å². The van der Waals surface area contributed by atoms with Crippen LogP contribution in [0.5, 0.6) is 0 Å². The van der Waals surface area contributed by atoms with Gasteiger partial charge in [0, 0.05) is 120 Å². The van der Waals surface area contributed by atoms with Crippen molar-refractivity contribution in [3.05, 3.63) is 250 Å². The summed E-state index contributed by atoms with van der Waals surface area (Å²) in [6.45, 7) is 24.4. The van der Waals surface area contributed by atoms with Crippen molar-refractivity contribution < 1.29 is 43.0 Å². The summed E-state index contributed by atoms with van der Waals surface area (Å²) in [6, 6.07) is 27.4. The van der Waals surface area contributed by atoms with Crippen LogP contribution < -0.4 is 16.0 Å². The first-order valence-electron chi connectivity index (χ1n) is 41.2. The SMILES string of the molecule is COC(=O)C[C@@H]1N=C(c2ccc(Cl)cc2)c2c(sc(C(=O)N3CCN(CCCNC(=O)C[C@@H]4N=C(c5ccc(Cl)cc5)c5c(sc(C)c5C)-n5c(C)nnc54)CC3)c2C)-n2c(C)nnc21.COC(=O)C[C@@H]1N=C(c2ccc(Cl)cc2)c2c(sc(C(=O)NCCOCCNC(=O)C[C@@H]3N=C(c4ccc(Cl)cc4)c4c(sc(C)c4C)-n4c(C)nnc43)c2C)-n2c(C)nnc21. The predicted molar refractivity (Wildman–Crippen MR) is 492 cm³/mol. The number of rotatable bonds is 24. The highest BCUT2D eigenvalue weighted by molar-refractivity contribution is 7.17. The van der Waals surface area contributed by atoms with E-state index in [9.17, 15) is 28.8 Å². The van der Waals surface area contributed by atoms with Gasteiger partial charge in [0.15, 0.2) is 23.3 Å². The van der Waals surface area contributed by atoms with Crippen molar-refractivity contribution in [2.24, 2.45) is 20.0 Å². The summed E-state index contributed by atoms with van der Waals surface area (Å²) in [5.74, 6) is 3.37. The molecule has 38 heteroatoms. The van der Waals surface area contributed by atoms with E-state index in [-0.39, 0.29) is 75.6 Å². The summed E-state index contributed by atoms with van der Waals surface area (Å²) in [5, 5.41) is 50.3. The van der Waals surface area contributed by atoms with Crippen molar-refractivity contribution in [3.8, 4) is 20.0 Å². The van der Waals surface area contributed by atoms with Gasteiger partial charge in [-0.05, 0) is 153 Å². The summed E-state index contributed by atoms with van der Waals surface area (Å²) in [4.78, 5) is 108. The van der Waals surface area contributed by atoms with E-state index in [2.05, 4.69) is 93.9 Å².